The Labute approximate surface area is 160 Å². The summed E-state index contributed by atoms with van der Waals surface area (Å²) in [5, 5.41) is 0. The zero-order chi connectivity index (χ0) is 20.3. The number of esters is 2. The number of ether oxygens (including phenoxy) is 2. The van der Waals surface area contributed by atoms with Crippen LogP contribution in [0.3, 0.4) is 0 Å². The number of ketones is 1. The van der Waals surface area contributed by atoms with E-state index in [-0.39, 0.29) is 28.8 Å². The SMILES string of the molecule is CC(=O)Oc1ccc(C2C=C(C)CCC2C(C)C)c(OC(C)=O)c1C(C)=O. The van der Waals surface area contributed by atoms with Crippen molar-refractivity contribution in [2.75, 3.05) is 0 Å². The smallest absolute Gasteiger partial charge is 0.308 e. The highest BCUT2D eigenvalue weighted by Crippen LogP contribution is 2.46. The van der Waals surface area contributed by atoms with Gasteiger partial charge < -0.3 is 9.47 Å². The molecule has 1 aromatic rings. The van der Waals surface area contributed by atoms with Gasteiger partial charge >= 0.3 is 11.9 Å². The highest BCUT2D eigenvalue weighted by Gasteiger charge is 2.32. The van der Waals surface area contributed by atoms with Crippen molar-refractivity contribution in [2.45, 2.75) is 60.3 Å². The van der Waals surface area contributed by atoms with E-state index >= 15 is 0 Å². The number of carbonyl (C=O) groups is 3. The molecule has 2 atom stereocenters. The quantitative estimate of drug-likeness (QED) is 0.320. The zero-order valence-electron chi connectivity index (χ0n) is 16.9. The molecule has 0 amide bonds. The summed E-state index contributed by atoms with van der Waals surface area (Å²) < 4.78 is 10.7. The molecule has 0 saturated carbocycles. The Morgan fingerprint density at radius 3 is 2.19 bits per heavy atom. The van der Waals surface area contributed by atoms with Gasteiger partial charge in [-0.2, -0.15) is 0 Å². The summed E-state index contributed by atoms with van der Waals surface area (Å²) in [6, 6.07) is 3.42. The third kappa shape index (κ3) is 4.85. The van der Waals surface area contributed by atoms with Crippen molar-refractivity contribution in [3.63, 3.8) is 0 Å². The normalized spacial score (nSPS) is 19.4. The van der Waals surface area contributed by atoms with Gasteiger partial charge in [-0.05, 0) is 44.6 Å². The van der Waals surface area contributed by atoms with Crippen molar-refractivity contribution in [3.8, 4) is 11.5 Å². The number of carbonyl (C=O) groups excluding carboxylic acids is 3. The van der Waals surface area contributed by atoms with Crippen LogP contribution in [0.5, 0.6) is 11.5 Å². The Morgan fingerprint density at radius 1 is 1.04 bits per heavy atom. The molecule has 0 spiro atoms. The van der Waals surface area contributed by atoms with Crippen LogP contribution in [0.4, 0.5) is 0 Å². The predicted molar refractivity (Wildman–Crippen MR) is 103 cm³/mol. The van der Waals surface area contributed by atoms with Gasteiger partial charge in [0.25, 0.3) is 0 Å². The second kappa shape index (κ2) is 8.51. The Bertz CT molecular complexity index is 788. The van der Waals surface area contributed by atoms with E-state index in [1.807, 2.05) is 0 Å². The first-order valence-corrected chi connectivity index (χ1v) is 9.33. The number of hydrogen-bond donors (Lipinski definition) is 0. The van der Waals surface area contributed by atoms with Crippen LogP contribution in [-0.2, 0) is 9.59 Å². The first-order valence-electron chi connectivity index (χ1n) is 9.33. The van der Waals surface area contributed by atoms with E-state index in [0.717, 1.165) is 18.4 Å². The molecule has 0 aromatic heterocycles. The molecular weight excluding hydrogens is 344 g/mol. The van der Waals surface area contributed by atoms with E-state index in [4.69, 9.17) is 9.47 Å². The Hall–Kier alpha value is -2.43. The van der Waals surface area contributed by atoms with Crippen LogP contribution in [0.1, 0.15) is 76.2 Å². The lowest BCUT2D eigenvalue weighted by Gasteiger charge is -2.34. The van der Waals surface area contributed by atoms with Gasteiger partial charge in [-0.15, -0.1) is 0 Å². The molecule has 27 heavy (non-hydrogen) atoms. The van der Waals surface area contributed by atoms with Crippen molar-refractivity contribution < 1.29 is 23.9 Å². The fraction of sp³-hybridized carbons (Fsp3) is 0.500. The van der Waals surface area contributed by atoms with Crippen molar-refractivity contribution >= 4 is 17.7 Å². The van der Waals surface area contributed by atoms with Crippen molar-refractivity contribution in [1.29, 1.82) is 0 Å². The molecular formula is C22H28O5. The molecule has 0 heterocycles. The maximum atomic E-state index is 12.4. The summed E-state index contributed by atoms with van der Waals surface area (Å²) >= 11 is 0. The van der Waals surface area contributed by atoms with Crippen LogP contribution in [0.2, 0.25) is 0 Å². The average molecular weight is 372 g/mol. The van der Waals surface area contributed by atoms with Crippen molar-refractivity contribution in [2.24, 2.45) is 11.8 Å². The molecule has 1 aliphatic carbocycles. The standard InChI is InChI=1S/C22H28O5/c1-12(2)17-8-7-13(3)11-19(17)18-9-10-20(26-15(5)24)21(14(4)23)22(18)27-16(6)25/h9-12,17,19H,7-8H2,1-6H3. The van der Waals surface area contributed by atoms with Crippen molar-refractivity contribution in [3.05, 3.63) is 34.9 Å². The largest absolute Gasteiger partial charge is 0.426 e. The molecule has 146 valence electrons. The van der Waals surface area contributed by atoms with Gasteiger partial charge in [0.2, 0.25) is 0 Å². The average Bonchev–Trinajstić information content (AvgIpc) is 2.53. The second-order valence-corrected chi connectivity index (χ2v) is 7.59. The summed E-state index contributed by atoms with van der Waals surface area (Å²) in [7, 11) is 0. The van der Waals surface area contributed by atoms with Gasteiger partial charge in [0.1, 0.15) is 17.1 Å². The summed E-state index contributed by atoms with van der Waals surface area (Å²) in [5.41, 5.74) is 2.19. The Kier molecular flexibility index (Phi) is 6.58. The van der Waals surface area contributed by atoms with Gasteiger partial charge in [0, 0.05) is 25.3 Å². The number of Topliss-reactive ketones (excluding diaryl/α,β-unsaturated/α-hetero) is 1. The molecule has 2 rings (SSSR count). The van der Waals surface area contributed by atoms with Crippen LogP contribution in [0.15, 0.2) is 23.8 Å². The van der Waals surface area contributed by atoms with E-state index in [1.54, 1.807) is 12.1 Å². The van der Waals surface area contributed by atoms with Gasteiger partial charge in [0.05, 0.1) is 0 Å². The summed E-state index contributed by atoms with van der Waals surface area (Å²) in [6.07, 6.45) is 4.27. The van der Waals surface area contributed by atoms with E-state index in [9.17, 15) is 14.4 Å². The highest BCUT2D eigenvalue weighted by atomic mass is 16.5. The molecule has 0 bridgehead atoms. The minimum Gasteiger partial charge on any atom is -0.426 e. The third-order valence-electron chi connectivity index (χ3n) is 5.01. The summed E-state index contributed by atoms with van der Waals surface area (Å²) in [4.78, 5) is 35.6. The fourth-order valence-electron chi connectivity index (χ4n) is 3.83. The number of benzene rings is 1. The Balaban J connectivity index is 2.72. The minimum atomic E-state index is -0.535. The Morgan fingerprint density at radius 2 is 1.67 bits per heavy atom. The molecule has 5 nitrogen and oxygen atoms in total. The van der Waals surface area contributed by atoms with Crippen LogP contribution in [-0.4, -0.2) is 17.7 Å². The maximum absolute atomic E-state index is 12.4. The van der Waals surface area contributed by atoms with Crippen LogP contribution in [0.25, 0.3) is 0 Å². The molecule has 0 N–H and O–H groups in total. The fourth-order valence-corrected chi connectivity index (χ4v) is 3.83. The van der Waals surface area contributed by atoms with Gasteiger partial charge in [0.15, 0.2) is 5.78 Å². The van der Waals surface area contributed by atoms with Crippen LogP contribution >= 0.6 is 0 Å². The predicted octanol–water partition coefficient (Wildman–Crippen LogP) is 4.84. The van der Waals surface area contributed by atoms with Crippen molar-refractivity contribution in [1.82, 2.24) is 0 Å². The summed E-state index contributed by atoms with van der Waals surface area (Å²) in [6.45, 7) is 10.4. The number of hydrogen-bond acceptors (Lipinski definition) is 5. The second-order valence-electron chi connectivity index (χ2n) is 7.59. The third-order valence-corrected chi connectivity index (χ3v) is 5.01. The molecule has 0 aliphatic heterocycles. The van der Waals surface area contributed by atoms with Crippen LogP contribution < -0.4 is 9.47 Å². The maximum Gasteiger partial charge on any atom is 0.308 e. The molecule has 0 saturated heterocycles. The van der Waals surface area contributed by atoms with Gasteiger partial charge in [-0.25, -0.2) is 0 Å². The first kappa shape index (κ1) is 20.9. The first-order chi connectivity index (χ1) is 12.6. The lowest BCUT2D eigenvalue weighted by molar-refractivity contribution is -0.132. The number of allylic oxidation sites excluding steroid dienone is 2. The molecule has 1 aliphatic rings. The lowest BCUT2D eigenvalue weighted by atomic mass is 9.71. The van der Waals surface area contributed by atoms with E-state index in [1.165, 1.54) is 26.3 Å². The molecule has 1 aromatic carbocycles. The minimum absolute atomic E-state index is 0.0255. The monoisotopic (exact) mass is 372 g/mol. The topological polar surface area (TPSA) is 69.7 Å². The summed E-state index contributed by atoms with van der Waals surface area (Å²) in [5.74, 6) is -0.229. The van der Waals surface area contributed by atoms with E-state index in [2.05, 4.69) is 26.8 Å². The van der Waals surface area contributed by atoms with E-state index in [0.29, 0.717) is 11.8 Å². The van der Waals surface area contributed by atoms with E-state index < -0.39 is 11.9 Å². The zero-order valence-corrected chi connectivity index (χ0v) is 16.9. The van der Waals surface area contributed by atoms with Crippen LogP contribution in [0, 0.1) is 11.8 Å². The van der Waals surface area contributed by atoms with Gasteiger partial charge in [-0.1, -0.05) is 31.6 Å². The number of rotatable bonds is 5. The van der Waals surface area contributed by atoms with Gasteiger partial charge in [-0.3, -0.25) is 14.4 Å². The lowest BCUT2D eigenvalue weighted by Crippen LogP contribution is -2.23. The highest BCUT2D eigenvalue weighted by molar-refractivity contribution is 6.01. The molecule has 0 fully saturated rings. The molecule has 5 heteroatoms. The molecule has 0 radical (unpaired) electrons. The molecule has 2 unspecified atom stereocenters.